The summed E-state index contributed by atoms with van der Waals surface area (Å²) in [5, 5.41) is 2.76. The van der Waals surface area contributed by atoms with Crippen molar-refractivity contribution in [2.24, 2.45) is 0 Å². The summed E-state index contributed by atoms with van der Waals surface area (Å²) >= 11 is 0. The van der Waals surface area contributed by atoms with E-state index in [-0.39, 0.29) is 23.2 Å². The number of hydrogen-bond donors (Lipinski definition) is 2. The molecule has 4 heteroatoms. The highest BCUT2D eigenvalue weighted by Gasteiger charge is 2.11. The van der Waals surface area contributed by atoms with Crippen LogP contribution in [0.25, 0.3) is 0 Å². The SMILES string of the molecule is C#CCC(CC)NC(=O)c1cccc(=O)[nH]1. The Kier molecular flexibility index (Phi) is 4.34. The Balaban J connectivity index is 2.72. The van der Waals surface area contributed by atoms with Gasteiger partial charge in [0.1, 0.15) is 5.69 Å². The molecular formula is C12H14N2O2. The van der Waals surface area contributed by atoms with Crippen LogP contribution in [0.2, 0.25) is 0 Å². The molecule has 0 aliphatic rings. The van der Waals surface area contributed by atoms with Gasteiger partial charge in [0.2, 0.25) is 5.56 Å². The van der Waals surface area contributed by atoms with Gasteiger partial charge in [0, 0.05) is 18.5 Å². The molecule has 1 rings (SSSR count). The van der Waals surface area contributed by atoms with Crippen LogP contribution in [0.15, 0.2) is 23.0 Å². The van der Waals surface area contributed by atoms with Gasteiger partial charge in [-0.25, -0.2) is 0 Å². The molecule has 0 saturated carbocycles. The van der Waals surface area contributed by atoms with Gasteiger partial charge in [0.25, 0.3) is 5.91 Å². The van der Waals surface area contributed by atoms with Gasteiger partial charge >= 0.3 is 0 Å². The minimum Gasteiger partial charge on any atom is -0.347 e. The van der Waals surface area contributed by atoms with E-state index in [1.165, 1.54) is 12.1 Å². The summed E-state index contributed by atoms with van der Waals surface area (Å²) in [5.74, 6) is 2.19. The van der Waals surface area contributed by atoms with E-state index in [2.05, 4.69) is 16.2 Å². The topological polar surface area (TPSA) is 62.0 Å². The minimum atomic E-state index is -0.306. The van der Waals surface area contributed by atoms with E-state index in [9.17, 15) is 9.59 Å². The molecule has 0 saturated heterocycles. The Labute approximate surface area is 94.1 Å². The molecule has 0 aromatic carbocycles. The average Bonchev–Trinajstić information content (AvgIpc) is 2.28. The zero-order valence-electron chi connectivity index (χ0n) is 9.12. The van der Waals surface area contributed by atoms with E-state index in [0.717, 1.165) is 6.42 Å². The summed E-state index contributed by atoms with van der Waals surface area (Å²) in [5.41, 5.74) is -0.0411. The number of nitrogens with one attached hydrogen (secondary N) is 2. The highest BCUT2D eigenvalue weighted by Crippen LogP contribution is 1.98. The lowest BCUT2D eigenvalue weighted by atomic mass is 10.1. The number of rotatable bonds is 4. The predicted octanol–water partition coefficient (Wildman–Crippen LogP) is 0.907. The van der Waals surface area contributed by atoms with Gasteiger partial charge in [-0.15, -0.1) is 12.3 Å². The maximum atomic E-state index is 11.7. The van der Waals surface area contributed by atoms with Crippen molar-refractivity contribution in [3.8, 4) is 12.3 Å². The molecule has 1 atom stereocenters. The Bertz CT molecular complexity index is 457. The van der Waals surface area contributed by atoms with E-state index in [0.29, 0.717) is 6.42 Å². The van der Waals surface area contributed by atoms with Gasteiger partial charge in [0.15, 0.2) is 0 Å². The summed E-state index contributed by atoms with van der Waals surface area (Å²) in [6.07, 6.45) is 6.43. The highest BCUT2D eigenvalue weighted by molar-refractivity contribution is 5.92. The van der Waals surface area contributed by atoms with Gasteiger partial charge < -0.3 is 10.3 Å². The molecule has 0 spiro atoms. The molecule has 0 aliphatic heterocycles. The van der Waals surface area contributed by atoms with Crippen molar-refractivity contribution >= 4 is 5.91 Å². The summed E-state index contributed by atoms with van der Waals surface area (Å²) < 4.78 is 0. The number of hydrogen-bond acceptors (Lipinski definition) is 2. The van der Waals surface area contributed by atoms with Gasteiger partial charge in [-0.05, 0) is 12.5 Å². The summed E-state index contributed by atoms with van der Waals surface area (Å²) in [6.45, 7) is 1.94. The Morgan fingerprint density at radius 1 is 1.62 bits per heavy atom. The van der Waals surface area contributed by atoms with Crippen molar-refractivity contribution in [3.63, 3.8) is 0 Å². The molecule has 1 unspecified atom stereocenters. The minimum absolute atomic E-state index is 0.0544. The lowest BCUT2D eigenvalue weighted by Gasteiger charge is -2.13. The Morgan fingerprint density at radius 2 is 2.38 bits per heavy atom. The van der Waals surface area contributed by atoms with Crippen molar-refractivity contribution in [2.45, 2.75) is 25.8 Å². The fraction of sp³-hybridized carbons (Fsp3) is 0.333. The number of carbonyl (C=O) groups is 1. The van der Waals surface area contributed by atoms with Crippen LogP contribution in [0.5, 0.6) is 0 Å². The van der Waals surface area contributed by atoms with Gasteiger partial charge in [-0.3, -0.25) is 9.59 Å². The number of aromatic nitrogens is 1. The monoisotopic (exact) mass is 218 g/mol. The first-order valence-corrected chi connectivity index (χ1v) is 5.11. The first-order valence-electron chi connectivity index (χ1n) is 5.11. The lowest BCUT2D eigenvalue weighted by Crippen LogP contribution is -2.35. The molecule has 16 heavy (non-hydrogen) atoms. The van der Waals surface area contributed by atoms with Crippen LogP contribution in [-0.4, -0.2) is 16.9 Å². The molecular weight excluding hydrogens is 204 g/mol. The summed E-state index contributed by atoms with van der Waals surface area (Å²) in [7, 11) is 0. The average molecular weight is 218 g/mol. The van der Waals surface area contributed by atoms with Crippen LogP contribution in [-0.2, 0) is 0 Å². The normalized spacial score (nSPS) is 11.5. The molecule has 4 nitrogen and oxygen atoms in total. The molecule has 84 valence electrons. The van der Waals surface area contributed by atoms with Gasteiger partial charge in [-0.2, -0.15) is 0 Å². The number of terminal acetylenes is 1. The number of aromatic amines is 1. The highest BCUT2D eigenvalue weighted by atomic mass is 16.2. The molecule has 0 bridgehead atoms. The van der Waals surface area contributed by atoms with E-state index in [4.69, 9.17) is 6.42 Å². The van der Waals surface area contributed by atoms with E-state index < -0.39 is 0 Å². The predicted molar refractivity (Wildman–Crippen MR) is 62.1 cm³/mol. The first kappa shape index (κ1) is 12.1. The smallest absolute Gasteiger partial charge is 0.268 e. The zero-order chi connectivity index (χ0) is 12.0. The number of carbonyl (C=O) groups excluding carboxylic acids is 1. The second kappa shape index (κ2) is 5.76. The van der Waals surface area contributed by atoms with Crippen LogP contribution in [0.4, 0.5) is 0 Å². The molecule has 1 aromatic rings. The first-order chi connectivity index (χ1) is 7.67. The molecule has 2 N–H and O–H groups in total. The Hall–Kier alpha value is -2.02. The van der Waals surface area contributed by atoms with Crippen LogP contribution in [0, 0.1) is 12.3 Å². The maximum Gasteiger partial charge on any atom is 0.268 e. The third kappa shape index (κ3) is 3.28. The van der Waals surface area contributed by atoms with Crippen molar-refractivity contribution in [3.05, 3.63) is 34.2 Å². The van der Waals surface area contributed by atoms with Crippen LogP contribution in [0.3, 0.4) is 0 Å². The van der Waals surface area contributed by atoms with Crippen LogP contribution < -0.4 is 10.9 Å². The second-order valence-electron chi connectivity index (χ2n) is 3.42. The Morgan fingerprint density at radius 3 is 2.94 bits per heavy atom. The lowest BCUT2D eigenvalue weighted by molar-refractivity contribution is 0.0931. The summed E-state index contributed by atoms with van der Waals surface area (Å²) in [4.78, 5) is 25.2. The molecule has 0 radical (unpaired) electrons. The standard InChI is InChI=1S/C12H14N2O2/c1-3-6-9(4-2)13-12(16)10-7-5-8-11(15)14-10/h1,5,7-9H,4,6H2,2H3,(H,13,16)(H,14,15). The van der Waals surface area contributed by atoms with E-state index in [1.54, 1.807) is 6.07 Å². The number of H-pyrrole nitrogens is 1. The summed E-state index contributed by atoms with van der Waals surface area (Å²) in [6, 6.07) is 4.39. The molecule has 1 heterocycles. The van der Waals surface area contributed by atoms with Crippen molar-refractivity contribution in [2.75, 3.05) is 0 Å². The van der Waals surface area contributed by atoms with Crippen molar-refractivity contribution in [1.29, 1.82) is 0 Å². The van der Waals surface area contributed by atoms with Crippen LogP contribution >= 0.6 is 0 Å². The van der Waals surface area contributed by atoms with Crippen molar-refractivity contribution in [1.82, 2.24) is 10.3 Å². The molecule has 0 fully saturated rings. The largest absolute Gasteiger partial charge is 0.347 e. The number of pyridine rings is 1. The third-order valence-corrected chi connectivity index (χ3v) is 2.21. The van der Waals surface area contributed by atoms with E-state index >= 15 is 0 Å². The van der Waals surface area contributed by atoms with E-state index in [1.807, 2.05) is 6.92 Å². The fourth-order valence-corrected chi connectivity index (χ4v) is 1.28. The van der Waals surface area contributed by atoms with Gasteiger partial charge in [-0.1, -0.05) is 13.0 Å². The zero-order valence-corrected chi connectivity index (χ0v) is 9.12. The molecule has 0 aliphatic carbocycles. The van der Waals surface area contributed by atoms with Crippen LogP contribution in [0.1, 0.15) is 30.3 Å². The second-order valence-corrected chi connectivity index (χ2v) is 3.42. The van der Waals surface area contributed by atoms with Gasteiger partial charge in [0.05, 0.1) is 0 Å². The molecule has 1 amide bonds. The quantitative estimate of drug-likeness (QED) is 0.738. The van der Waals surface area contributed by atoms with Crippen molar-refractivity contribution < 1.29 is 4.79 Å². The maximum absolute atomic E-state index is 11.7. The molecule has 1 aromatic heterocycles. The fourth-order valence-electron chi connectivity index (χ4n) is 1.28. The number of amides is 1. The third-order valence-electron chi connectivity index (χ3n) is 2.21.